The van der Waals surface area contributed by atoms with Gasteiger partial charge in [0.05, 0.1) is 6.61 Å². The molecule has 2 rings (SSSR count). The van der Waals surface area contributed by atoms with Gasteiger partial charge in [-0.15, -0.1) is 0 Å². The fourth-order valence-electron chi connectivity index (χ4n) is 3.41. The van der Waals surface area contributed by atoms with Gasteiger partial charge in [0.15, 0.2) is 0 Å². The van der Waals surface area contributed by atoms with Gasteiger partial charge >= 0.3 is 29.8 Å². The molecule has 0 aromatic heterocycles. The van der Waals surface area contributed by atoms with Gasteiger partial charge in [-0.2, -0.15) is 0 Å². The molecule has 0 radical (unpaired) electrons. The lowest BCUT2D eigenvalue weighted by atomic mass is 10.5. The smallest absolute Gasteiger partial charge is 0.465 e. The summed E-state index contributed by atoms with van der Waals surface area (Å²) in [6.45, 7) is 3.55. The third kappa shape index (κ3) is 11.4. The fourth-order valence-corrected chi connectivity index (χ4v) is 8.73. The fraction of sp³-hybridized carbons (Fsp3) is 0.895. The average molecular weight is 527 g/mol. The Morgan fingerprint density at radius 3 is 1.74 bits per heavy atom. The maximum Gasteiger partial charge on any atom is 0.501 e. The highest BCUT2D eigenvalue weighted by atomic mass is 28.4. The van der Waals surface area contributed by atoms with Gasteiger partial charge in [-0.1, -0.05) is 0 Å². The first-order valence-corrected chi connectivity index (χ1v) is 15.7. The zero-order chi connectivity index (χ0) is 24.5. The first-order chi connectivity index (χ1) is 16.5. The van der Waals surface area contributed by atoms with Crippen LogP contribution in [0.3, 0.4) is 0 Å². The molecule has 15 heteroatoms. The lowest BCUT2D eigenvalue weighted by molar-refractivity contribution is 0.00686. The van der Waals surface area contributed by atoms with E-state index in [1.54, 1.807) is 0 Å². The maximum atomic E-state index is 11.5. The van der Waals surface area contributed by atoms with E-state index in [1.165, 1.54) is 0 Å². The molecule has 13 nitrogen and oxygen atoms in total. The predicted octanol–water partition coefficient (Wildman–Crippen LogP) is 0.928. The Morgan fingerprint density at radius 2 is 1.26 bits per heavy atom. The van der Waals surface area contributed by atoms with Crippen LogP contribution in [0.2, 0.25) is 12.1 Å². The Bertz CT molecular complexity index is 591. The van der Waals surface area contributed by atoms with Gasteiger partial charge in [0.25, 0.3) is 0 Å². The number of aliphatic hydroxyl groups excluding tert-OH is 1. The molecule has 0 aliphatic carbocycles. The van der Waals surface area contributed by atoms with Crippen LogP contribution in [-0.4, -0.2) is 106 Å². The van der Waals surface area contributed by atoms with Crippen molar-refractivity contribution in [1.29, 1.82) is 0 Å². The van der Waals surface area contributed by atoms with E-state index in [0.29, 0.717) is 84.1 Å². The molecule has 2 amide bonds. The molecule has 2 aliphatic rings. The Labute approximate surface area is 202 Å². The van der Waals surface area contributed by atoms with Crippen LogP contribution in [0.15, 0.2) is 0 Å². The lowest BCUT2D eigenvalue weighted by Crippen LogP contribution is -2.51. The number of alkyl carbamates (subject to hydrolysis) is 1. The standard InChI is InChI=1S/C19H38N2O11Si2/c22-8-15-26-19(25)21-7-2-17-34(31-13-5-14-32-34)30-12-4-11-29-33(27-9-3-10-28-33)16-1-6-20-18(23)24/h20,22H,1-17H2,(H,21,25)(H,23,24). The van der Waals surface area contributed by atoms with E-state index in [0.717, 1.165) is 12.8 Å². The highest BCUT2D eigenvalue weighted by Crippen LogP contribution is 2.24. The van der Waals surface area contributed by atoms with Crippen LogP contribution in [0.25, 0.3) is 0 Å². The molecule has 0 bridgehead atoms. The molecule has 0 unspecified atom stereocenters. The Morgan fingerprint density at radius 1 is 0.765 bits per heavy atom. The lowest BCUT2D eigenvalue weighted by Gasteiger charge is -2.34. The molecule has 2 heterocycles. The summed E-state index contributed by atoms with van der Waals surface area (Å²) >= 11 is 0. The molecule has 0 aromatic carbocycles. The van der Waals surface area contributed by atoms with Crippen molar-refractivity contribution in [2.45, 2.75) is 44.2 Å². The van der Waals surface area contributed by atoms with Crippen LogP contribution < -0.4 is 10.6 Å². The molecule has 0 atom stereocenters. The molecule has 0 saturated carbocycles. The van der Waals surface area contributed by atoms with Crippen molar-refractivity contribution in [2.75, 3.05) is 65.9 Å². The van der Waals surface area contributed by atoms with E-state index in [2.05, 4.69) is 10.6 Å². The van der Waals surface area contributed by atoms with E-state index < -0.39 is 29.8 Å². The van der Waals surface area contributed by atoms with Crippen molar-refractivity contribution >= 4 is 29.8 Å². The van der Waals surface area contributed by atoms with E-state index in [9.17, 15) is 9.59 Å². The molecular formula is C19H38N2O11Si2. The first kappa shape index (κ1) is 28.9. The van der Waals surface area contributed by atoms with Crippen molar-refractivity contribution in [1.82, 2.24) is 10.6 Å². The van der Waals surface area contributed by atoms with E-state index >= 15 is 0 Å². The van der Waals surface area contributed by atoms with E-state index in [4.69, 9.17) is 41.5 Å². The number of ether oxygens (including phenoxy) is 1. The van der Waals surface area contributed by atoms with Crippen LogP contribution in [0.5, 0.6) is 0 Å². The molecule has 34 heavy (non-hydrogen) atoms. The van der Waals surface area contributed by atoms with Crippen molar-refractivity contribution in [3.63, 3.8) is 0 Å². The summed E-state index contributed by atoms with van der Waals surface area (Å²) in [7, 11) is -5.64. The number of nitrogens with one attached hydrogen (secondary N) is 2. The third-order valence-electron chi connectivity index (χ3n) is 4.99. The molecule has 0 spiro atoms. The molecule has 4 N–H and O–H groups in total. The van der Waals surface area contributed by atoms with Crippen molar-refractivity contribution in [2.24, 2.45) is 0 Å². The van der Waals surface area contributed by atoms with Crippen molar-refractivity contribution in [3.05, 3.63) is 0 Å². The first-order valence-electron chi connectivity index (χ1n) is 11.8. The average Bonchev–Trinajstić information content (AvgIpc) is 2.84. The van der Waals surface area contributed by atoms with Gasteiger partial charge in [-0.3, -0.25) is 0 Å². The minimum absolute atomic E-state index is 0.0403. The van der Waals surface area contributed by atoms with Gasteiger partial charge in [-0.05, 0) is 32.1 Å². The zero-order valence-corrected chi connectivity index (χ0v) is 21.6. The summed E-state index contributed by atoms with van der Waals surface area (Å²) in [5.41, 5.74) is 0. The number of carbonyl (C=O) groups is 2. The Kier molecular flexibility index (Phi) is 13.9. The van der Waals surface area contributed by atoms with Crippen LogP contribution in [0, 0.1) is 0 Å². The van der Waals surface area contributed by atoms with Crippen LogP contribution in [0.1, 0.15) is 32.1 Å². The quantitative estimate of drug-likeness (QED) is 0.167. The molecular weight excluding hydrogens is 488 g/mol. The summed E-state index contributed by atoms with van der Waals surface area (Å²) in [4.78, 5) is 22.1. The van der Waals surface area contributed by atoms with E-state index in [1.807, 2.05) is 0 Å². The second kappa shape index (κ2) is 16.4. The third-order valence-corrected chi connectivity index (χ3v) is 10.8. The summed E-state index contributed by atoms with van der Waals surface area (Å²) in [5, 5.41) is 22.4. The monoisotopic (exact) mass is 526 g/mol. The molecule has 198 valence electrons. The molecule has 2 aliphatic heterocycles. The number of hydrogen-bond donors (Lipinski definition) is 4. The zero-order valence-electron chi connectivity index (χ0n) is 19.6. The number of carbonyl (C=O) groups excluding carboxylic acids is 1. The molecule has 0 aromatic rings. The molecule has 2 fully saturated rings. The second-order valence-corrected chi connectivity index (χ2v) is 13.2. The number of aliphatic hydroxyl groups is 1. The summed E-state index contributed by atoms with van der Waals surface area (Å²) < 4.78 is 40.5. The highest BCUT2D eigenvalue weighted by Gasteiger charge is 2.44. The number of hydrogen-bond acceptors (Lipinski definition) is 10. The van der Waals surface area contributed by atoms with Crippen molar-refractivity contribution < 1.29 is 51.1 Å². The highest BCUT2D eigenvalue weighted by molar-refractivity contribution is 6.61. The normalized spacial score (nSPS) is 19.3. The Balaban J connectivity index is 1.70. The SMILES string of the molecule is O=C(O)NCCC[Si]1(OCCCO[Si]2(CCCNC(=O)OCCO)OCCCO2)OCCCO1. The summed E-state index contributed by atoms with van der Waals surface area (Å²) in [5.74, 6) is 0. The summed E-state index contributed by atoms with van der Waals surface area (Å²) in [6.07, 6.45) is 1.78. The van der Waals surface area contributed by atoms with Gasteiger partial charge in [0.1, 0.15) is 6.61 Å². The second-order valence-electron chi connectivity index (χ2n) is 7.74. The van der Waals surface area contributed by atoms with Crippen molar-refractivity contribution in [3.8, 4) is 0 Å². The van der Waals surface area contributed by atoms with Crippen LogP contribution in [-0.2, 0) is 31.3 Å². The largest absolute Gasteiger partial charge is 0.501 e. The maximum absolute atomic E-state index is 11.5. The number of rotatable bonds is 16. The topological polar surface area (TPSA) is 163 Å². The van der Waals surface area contributed by atoms with Gasteiger partial charge < -0.3 is 52.1 Å². The van der Waals surface area contributed by atoms with Gasteiger partial charge in [0, 0.05) is 64.8 Å². The minimum Gasteiger partial charge on any atom is -0.465 e. The Hall–Kier alpha value is -1.31. The van der Waals surface area contributed by atoms with Gasteiger partial charge in [-0.25, -0.2) is 9.59 Å². The number of carboxylic acid groups (broad SMARTS) is 1. The van der Waals surface area contributed by atoms with Crippen LogP contribution >= 0.6 is 0 Å². The summed E-state index contributed by atoms with van der Waals surface area (Å²) in [6, 6.07) is 1.11. The van der Waals surface area contributed by atoms with Gasteiger partial charge in [0.2, 0.25) is 0 Å². The predicted molar refractivity (Wildman–Crippen MR) is 122 cm³/mol. The minimum atomic E-state index is -2.83. The van der Waals surface area contributed by atoms with Crippen LogP contribution in [0.4, 0.5) is 9.59 Å². The van der Waals surface area contributed by atoms with E-state index in [-0.39, 0.29) is 13.2 Å². The molecule has 2 saturated heterocycles. The number of amides is 2.